The van der Waals surface area contributed by atoms with Gasteiger partial charge in [-0.05, 0) is 6.07 Å². The number of ether oxygens (including phenoxy) is 1. The monoisotopic (exact) mass is 207 g/mol. The van der Waals surface area contributed by atoms with Crippen LogP contribution >= 0.6 is 11.6 Å². The van der Waals surface area contributed by atoms with Gasteiger partial charge in [0.15, 0.2) is 0 Å². The minimum absolute atomic E-state index is 0.0448. The largest absolute Gasteiger partial charge is 0.496 e. The highest BCUT2D eigenvalue weighted by Crippen LogP contribution is 2.31. The van der Waals surface area contributed by atoms with Crippen LogP contribution in [-0.4, -0.2) is 12.1 Å². The SMILES string of the molecule is COc1ccnc(CCl)c1C(F)F. The number of halogens is 3. The first-order valence-corrected chi connectivity index (χ1v) is 4.10. The van der Waals surface area contributed by atoms with E-state index in [0.717, 1.165) is 0 Å². The van der Waals surface area contributed by atoms with Crippen molar-refractivity contribution >= 4 is 11.6 Å². The summed E-state index contributed by atoms with van der Waals surface area (Å²) < 4.78 is 29.7. The van der Waals surface area contributed by atoms with E-state index in [2.05, 4.69) is 4.98 Å². The molecule has 0 unspecified atom stereocenters. The molecule has 0 aliphatic heterocycles. The lowest BCUT2D eigenvalue weighted by Gasteiger charge is -2.09. The summed E-state index contributed by atoms with van der Waals surface area (Å²) in [6, 6.07) is 1.39. The van der Waals surface area contributed by atoms with Gasteiger partial charge < -0.3 is 4.74 Å². The second-order valence-electron chi connectivity index (χ2n) is 2.31. The summed E-state index contributed by atoms with van der Waals surface area (Å²) in [6.07, 6.45) is -1.22. The van der Waals surface area contributed by atoms with E-state index in [-0.39, 0.29) is 22.9 Å². The van der Waals surface area contributed by atoms with Gasteiger partial charge >= 0.3 is 0 Å². The number of nitrogens with zero attached hydrogens (tertiary/aromatic N) is 1. The van der Waals surface area contributed by atoms with Gasteiger partial charge in [-0.2, -0.15) is 0 Å². The van der Waals surface area contributed by atoms with Crippen LogP contribution in [0.3, 0.4) is 0 Å². The summed E-state index contributed by atoms with van der Waals surface area (Å²) in [6.45, 7) is 0. The van der Waals surface area contributed by atoms with Gasteiger partial charge in [0, 0.05) is 6.20 Å². The third kappa shape index (κ3) is 2.06. The zero-order valence-corrected chi connectivity index (χ0v) is 7.68. The Kier molecular flexibility index (Phi) is 3.42. The first-order valence-electron chi connectivity index (χ1n) is 3.56. The quantitative estimate of drug-likeness (QED) is 0.711. The van der Waals surface area contributed by atoms with Crippen LogP contribution in [0.4, 0.5) is 8.78 Å². The molecule has 0 aliphatic carbocycles. The van der Waals surface area contributed by atoms with Crippen LogP contribution in [0, 0.1) is 0 Å². The van der Waals surface area contributed by atoms with Crippen molar-refractivity contribution < 1.29 is 13.5 Å². The van der Waals surface area contributed by atoms with Crippen LogP contribution in [0.2, 0.25) is 0 Å². The molecule has 0 saturated carbocycles. The van der Waals surface area contributed by atoms with E-state index in [4.69, 9.17) is 16.3 Å². The summed E-state index contributed by atoms with van der Waals surface area (Å²) in [5.41, 5.74) is -0.0592. The Balaban J connectivity index is 3.21. The standard InChI is InChI=1S/C8H8ClF2NO/c1-13-6-2-3-12-5(4-9)7(6)8(10)11/h2-3,8H,4H2,1H3. The number of aromatic nitrogens is 1. The van der Waals surface area contributed by atoms with Crippen LogP contribution in [0.25, 0.3) is 0 Å². The van der Waals surface area contributed by atoms with E-state index < -0.39 is 6.43 Å². The number of pyridine rings is 1. The van der Waals surface area contributed by atoms with Crippen molar-refractivity contribution in [2.24, 2.45) is 0 Å². The molecular weight excluding hydrogens is 200 g/mol. The summed E-state index contributed by atoms with van der Waals surface area (Å²) >= 11 is 5.45. The Morgan fingerprint density at radius 2 is 2.31 bits per heavy atom. The van der Waals surface area contributed by atoms with E-state index in [1.807, 2.05) is 0 Å². The van der Waals surface area contributed by atoms with Crippen LogP contribution in [0.5, 0.6) is 5.75 Å². The van der Waals surface area contributed by atoms with Crippen molar-refractivity contribution in [3.05, 3.63) is 23.5 Å². The third-order valence-corrected chi connectivity index (χ3v) is 1.85. The van der Waals surface area contributed by atoms with Gasteiger partial charge in [0.1, 0.15) is 5.75 Å². The maximum Gasteiger partial charge on any atom is 0.269 e. The summed E-state index contributed by atoms with van der Waals surface area (Å²) in [4.78, 5) is 3.74. The molecule has 0 N–H and O–H groups in total. The fourth-order valence-electron chi connectivity index (χ4n) is 1.01. The van der Waals surface area contributed by atoms with Gasteiger partial charge in [-0.1, -0.05) is 0 Å². The minimum atomic E-state index is -2.61. The van der Waals surface area contributed by atoms with Crippen LogP contribution in [-0.2, 0) is 5.88 Å². The highest BCUT2D eigenvalue weighted by molar-refractivity contribution is 6.17. The van der Waals surface area contributed by atoms with Gasteiger partial charge in [-0.3, -0.25) is 4.98 Å². The molecule has 0 radical (unpaired) electrons. The highest BCUT2D eigenvalue weighted by Gasteiger charge is 2.18. The average Bonchev–Trinajstić information content (AvgIpc) is 2.16. The van der Waals surface area contributed by atoms with Gasteiger partial charge in [0.25, 0.3) is 6.43 Å². The Morgan fingerprint density at radius 1 is 1.62 bits per heavy atom. The van der Waals surface area contributed by atoms with Crippen LogP contribution in [0.1, 0.15) is 17.7 Å². The first kappa shape index (κ1) is 10.2. The second-order valence-corrected chi connectivity index (χ2v) is 2.58. The van der Waals surface area contributed by atoms with E-state index >= 15 is 0 Å². The fraction of sp³-hybridized carbons (Fsp3) is 0.375. The molecule has 0 fully saturated rings. The van der Waals surface area contributed by atoms with Crippen LogP contribution in [0.15, 0.2) is 12.3 Å². The van der Waals surface area contributed by atoms with E-state index in [1.165, 1.54) is 19.4 Å². The van der Waals surface area contributed by atoms with E-state index in [0.29, 0.717) is 0 Å². The van der Waals surface area contributed by atoms with Gasteiger partial charge in [-0.25, -0.2) is 8.78 Å². The molecule has 72 valence electrons. The lowest BCUT2D eigenvalue weighted by atomic mass is 10.2. The van der Waals surface area contributed by atoms with Crippen molar-refractivity contribution in [2.45, 2.75) is 12.3 Å². The predicted octanol–water partition coefficient (Wildman–Crippen LogP) is 2.77. The molecule has 0 amide bonds. The molecule has 0 spiro atoms. The molecular formula is C8H8ClF2NO. The minimum Gasteiger partial charge on any atom is -0.496 e. The molecule has 1 heterocycles. The van der Waals surface area contributed by atoms with E-state index in [9.17, 15) is 8.78 Å². The number of alkyl halides is 3. The van der Waals surface area contributed by atoms with Gasteiger partial charge in [-0.15, -0.1) is 11.6 Å². The zero-order valence-electron chi connectivity index (χ0n) is 6.93. The molecule has 1 rings (SSSR count). The molecule has 1 aromatic rings. The maximum atomic E-state index is 12.5. The number of hydrogen-bond donors (Lipinski definition) is 0. The van der Waals surface area contributed by atoms with Crippen molar-refractivity contribution in [3.63, 3.8) is 0 Å². The van der Waals surface area contributed by atoms with Gasteiger partial charge in [0.2, 0.25) is 0 Å². The normalized spacial score (nSPS) is 10.5. The summed E-state index contributed by atoms with van der Waals surface area (Å²) in [7, 11) is 1.33. The first-order chi connectivity index (χ1) is 6.20. The maximum absolute atomic E-state index is 12.5. The summed E-state index contributed by atoms with van der Waals surface area (Å²) in [5.74, 6) is 0.0808. The molecule has 0 bridgehead atoms. The molecule has 0 saturated heterocycles. The lowest BCUT2D eigenvalue weighted by molar-refractivity contribution is 0.145. The Labute approximate surface area is 79.5 Å². The van der Waals surface area contributed by atoms with Crippen molar-refractivity contribution in [1.82, 2.24) is 4.98 Å². The molecule has 0 atom stereocenters. The Morgan fingerprint density at radius 3 is 2.77 bits per heavy atom. The van der Waals surface area contributed by atoms with Crippen LogP contribution < -0.4 is 4.74 Å². The van der Waals surface area contributed by atoms with Crippen molar-refractivity contribution in [2.75, 3.05) is 7.11 Å². The number of rotatable bonds is 3. The third-order valence-electron chi connectivity index (χ3n) is 1.60. The lowest BCUT2D eigenvalue weighted by Crippen LogP contribution is -1.99. The molecule has 13 heavy (non-hydrogen) atoms. The van der Waals surface area contributed by atoms with E-state index in [1.54, 1.807) is 0 Å². The average molecular weight is 208 g/mol. The topological polar surface area (TPSA) is 22.1 Å². The van der Waals surface area contributed by atoms with Crippen molar-refractivity contribution in [3.8, 4) is 5.75 Å². The summed E-state index contributed by atoms with van der Waals surface area (Å²) in [5, 5.41) is 0. The molecule has 0 aromatic carbocycles. The fourth-order valence-corrected chi connectivity index (χ4v) is 1.23. The number of methoxy groups -OCH3 is 1. The predicted molar refractivity (Wildman–Crippen MR) is 45.3 cm³/mol. The molecule has 0 aliphatic rings. The zero-order chi connectivity index (χ0) is 9.84. The van der Waals surface area contributed by atoms with Gasteiger partial charge in [0.05, 0.1) is 24.2 Å². The smallest absolute Gasteiger partial charge is 0.269 e. The van der Waals surface area contributed by atoms with Crippen molar-refractivity contribution in [1.29, 1.82) is 0 Å². The molecule has 2 nitrogen and oxygen atoms in total. The number of hydrogen-bond acceptors (Lipinski definition) is 2. The Bertz CT molecular complexity index is 271. The molecule has 1 aromatic heterocycles. The molecule has 5 heteroatoms. The Hall–Kier alpha value is -0.900. The second kappa shape index (κ2) is 4.37. The highest BCUT2D eigenvalue weighted by atomic mass is 35.5.